The maximum absolute atomic E-state index is 10.2. The van der Waals surface area contributed by atoms with Crippen molar-refractivity contribution in [2.45, 2.75) is 45.8 Å². The third-order valence-electron chi connectivity index (χ3n) is 4.55. The Morgan fingerprint density at radius 3 is 2.30 bits per heavy atom. The SMILES string of the molecule is CCC(C)N1CCN(c2ccccc2[C@@H](O)CC)CC1. The van der Waals surface area contributed by atoms with Gasteiger partial charge in [0.15, 0.2) is 0 Å². The third kappa shape index (κ3) is 3.33. The molecule has 1 aromatic rings. The van der Waals surface area contributed by atoms with Crippen molar-refractivity contribution in [1.29, 1.82) is 0 Å². The molecular formula is C17H28N2O. The summed E-state index contributed by atoms with van der Waals surface area (Å²) in [5, 5.41) is 10.2. The van der Waals surface area contributed by atoms with E-state index in [1.807, 2.05) is 13.0 Å². The number of nitrogens with zero attached hydrogens (tertiary/aromatic N) is 2. The molecule has 1 aromatic carbocycles. The standard InChI is InChI=1S/C17H28N2O/c1-4-14(3)18-10-12-19(13-11-18)16-9-7-6-8-15(16)17(20)5-2/h6-9,14,17,20H,4-5,10-13H2,1-3H3/t14?,17-/m0/s1. The van der Waals surface area contributed by atoms with E-state index in [-0.39, 0.29) is 6.10 Å². The lowest BCUT2D eigenvalue weighted by atomic mass is 10.0. The molecule has 20 heavy (non-hydrogen) atoms. The number of anilines is 1. The summed E-state index contributed by atoms with van der Waals surface area (Å²) in [4.78, 5) is 4.99. The molecule has 0 bridgehead atoms. The Morgan fingerprint density at radius 1 is 1.05 bits per heavy atom. The van der Waals surface area contributed by atoms with E-state index in [9.17, 15) is 5.11 Å². The molecule has 1 aliphatic heterocycles. The van der Waals surface area contributed by atoms with E-state index in [1.54, 1.807) is 0 Å². The number of aliphatic hydroxyl groups is 1. The average molecular weight is 276 g/mol. The van der Waals surface area contributed by atoms with Crippen LogP contribution in [0.15, 0.2) is 24.3 Å². The van der Waals surface area contributed by atoms with Gasteiger partial charge in [-0.15, -0.1) is 0 Å². The van der Waals surface area contributed by atoms with Gasteiger partial charge in [-0.2, -0.15) is 0 Å². The summed E-state index contributed by atoms with van der Waals surface area (Å²) in [5.41, 5.74) is 2.29. The van der Waals surface area contributed by atoms with E-state index >= 15 is 0 Å². The van der Waals surface area contributed by atoms with Crippen LogP contribution in [-0.4, -0.2) is 42.2 Å². The van der Waals surface area contributed by atoms with Crippen LogP contribution in [0, 0.1) is 0 Å². The van der Waals surface area contributed by atoms with Gasteiger partial charge >= 0.3 is 0 Å². The van der Waals surface area contributed by atoms with Gasteiger partial charge in [0, 0.05) is 43.5 Å². The quantitative estimate of drug-likeness (QED) is 0.895. The predicted octanol–water partition coefficient (Wildman–Crippen LogP) is 3.05. The average Bonchev–Trinajstić information content (AvgIpc) is 2.53. The van der Waals surface area contributed by atoms with Crippen LogP contribution in [0.1, 0.15) is 45.3 Å². The van der Waals surface area contributed by atoms with Crippen LogP contribution in [-0.2, 0) is 0 Å². The molecule has 2 rings (SSSR count). The Morgan fingerprint density at radius 2 is 1.70 bits per heavy atom. The highest BCUT2D eigenvalue weighted by Crippen LogP contribution is 2.29. The third-order valence-corrected chi connectivity index (χ3v) is 4.55. The molecule has 2 atom stereocenters. The zero-order chi connectivity index (χ0) is 14.5. The molecule has 1 unspecified atom stereocenters. The fraction of sp³-hybridized carbons (Fsp3) is 0.647. The molecule has 112 valence electrons. The summed E-state index contributed by atoms with van der Waals surface area (Å²) in [6.07, 6.45) is 1.63. The largest absolute Gasteiger partial charge is 0.388 e. The molecule has 1 fully saturated rings. The summed E-state index contributed by atoms with van der Waals surface area (Å²) in [6, 6.07) is 8.97. The van der Waals surface area contributed by atoms with Crippen molar-refractivity contribution in [3.63, 3.8) is 0 Å². The number of aliphatic hydroxyl groups excluding tert-OH is 1. The molecule has 0 saturated carbocycles. The summed E-state index contributed by atoms with van der Waals surface area (Å²) in [6.45, 7) is 10.9. The zero-order valence-corrected chi connectivity index (χ0v) is 13.0. The lowest BCUT2D eigenvalue weighted by Gasteiger charge is -2.39. The molecule has 1 heterocycles. The molecule has 1 aliphatic rings. The van der Waals surface area contributed by atoms with Crippen molar-refractivity contribution in [3.8, 4) is 0 Å². The summed E-state index contributed by atoms with van der Waals surface area (Å²) in [5.74, 6) is 0. The summed E-state index contributed by atoms with van der Waals surface area (Å²) in [7, 11) is 0. The van der Waals surface area contributed by atoms with Crippen LogP contribution in [0.4, 0.5) is 5.69 Å². The van der Waals surface area contributed by atoms with Crippen molar-refractivity contribution in [2.24, 2.45) is 0 Å². The molecule has 0 aliphatic carbocycles. The van der Waals surface area contributed by atoms with E-state index in [4.69, 9.17) is 0 Å². The van der Waals surface area contributed by atoms with E-state index in [2.05, 4.69) is 41.8 Å². The van der Waals surface area contributed by atoms with Gasteiger partial charge in [-0.1, -0.05) is 32.0 Å². The molecule has 3 heteroatoms. The van der Waals surface area contributed by atoms with Crippen LogP contribution in [0.3, 0.4) is 0 Å². The highest BCUT2D eigenvalue weighted by molar-refractivity contribution is 5.55. The topological polar surface area (TPSA) is 26.7 Å². The molecule has 0 spiro atoms. The second-order valence-corrected chi connectivity index (χ2v) is 5.76. The van der Waals surface area contributed by atoms with Crippen LogP contribution < -0.4 is 4.90 Å². The molecular weight excluding hydrogens is 248 g/mol. The van der Waals surface area contributed by atoms with E-state index in [1.165, 1.54) is 12.1 Å². The predicted molar refractivity (Wildman–Crippen MR) is 85.2 cm³/mol. The van der Waals surface area contributed by atoms with Gasteiger partial charge in [0.25, 0.3) is 0 Å². The minimum atomic E-state index is -0.348. The van der Waals surface area contributed by atoms with E-state index in [0.717, 1.165) is 38.2 Å². The van der Waals surface area contributed by atoms with Crippen LogP contribution >= 0.6 is 0 Å². The van der Waals surface area contributed by atoms with Gasteiger partial charge in [-0.05, 0) is 25.8 Å². The van der Waals surface area contributed by atoms with Crippen LogP contribution in [0.5, 0.6) is 0 Å². The van der Waals surface area contributed by atoms with E-state index in [0.29, 0.717) is 6.04 Å². The smallest absolute Gasteiger partial charge is 0.0807 e. The maximum atomic E-state index is 10.2. The Hall–Kier alpha value is -1.06. The number of piperazine rings is 1. The number of hydrogen-bond acceptors (Lipinski definition) is 3. The number of rotatable bonds is 5. The lowest BCUT2D eigenvalue weighted by molar-refractivity contribution is 0.172. The normalized spacial score (nSPS) is 19.9. The second-order valence-electron chi connectivity index (χ2n) is 5.76. The Labute approximate surface area is 123 Å². The van der Waals surface area contributed by atoms with Crippen molar-refractivity contribution in [3.05, 3.63) is 29.8 Å². The Bertz CT molecular complexity index is 413. The van der Waals surface area contributed by atoms with Crippen LogP contribution in [0.25, 0.3) is 0 Å². The summed E-state index contributed by atoms with van der Waals surface area (Å²) < 4.78 is 0. The lowest BCUT2D eigenvalue weighted by Crippen LogP contribution is -2.49. The van der Waals surface area contributed by atoms with Crippen molar-refractivity contribution in [1.82, 2.24) is 4.90 Å². The second kappa shape index (κ2) is 7.09. The van der Waals surface area contributed by atoms with Gasteiger partial charge < -0.3 is 10.0 Å². The van der Waals surface area contributed by atoms with Gasteiger partial charge in [0.2, 0.25) is 0 Å². The Kier molecular flexibility index (Phi) is 5.44. The molecule has 0 amide bonds. The minimum Gasteiger partial charge on any atom is -0.388 e. The summed E-state index contributed by atoms with van der Waals surface area (Å²) >= 11 is 0. The van der Waals surface area contributed by atoms with Gasteiger partial charge in [0.05, 0.1) is 6.10 Å². The molecule has 1 saturated heterocycles. The van der Waals surface area contributed by atoms with Gasteiger partial charge in [0.1, 0.15) is 0 Å². The maximum Gasteiger partial charge on any atom is 0.0807 e. The minimum absolute atomic E-state index is 0.348. The fourth-order valence-corrected chi connectivity index (χ4v) is 2.94. The molecule has 1 N–H and O–H groups in total. The van der Waals surface area contributed by atoms with Crippen LogP contribution in [0.2, 0.25) is 0 Å². The van der Waals surface area contributed by atoms with E-state index < -0.39 is 0 Å². The zero-order valence-electron chi connectivity index (χ0n) is 13.0. The van der Waals surface area contributed by atoms with Crippen molar-refractivity contribution < 1.29 is 5.11 Å². The first-order valence-corrected chi connectivity index (χ1v) is 7.93. The van der Waals surface area contributed by atoms with Gasteiger partial charge in [-0.3, -0.25) is 4.90 Å². The molecule has 3 nitrogen and oxygen atoms in total. The molecule has 0 aromatic heterocycles. The number of hydrogen-bond donors (Lipinski definition) is 1. The van der Waals surface area contributed by atoms with Crippen molar-refractivity contribution >= 4 is 5.69 Å². The highest BCUT2D eigenvalue weighted by atomic mass is 16.3. The first-order chi connectivity index (χ1) is 9.67. The monoisotopic (exact) mass is 276 g/mol. The fourth-order valence-electron chi connectivity index (χ4n) is 2.94. The number of benzene rings is 1. The van der Waals surface area contributed by atoms with Crippen molar-refractivity contribution in [2.75, 3.05) is 31.1 Å². The first-order valence-electron chi connectivity index (χ1n) is 7.93. The van der Waals surface area contributed by atoms with Gasteiger partial charge in [-0.25, -0.2) is 0 Å². The highest BCUT2D eigenvalue weighted by Gasteiger charge is 2.22. The Balaban J connectivity index is 2.07. The molecule has 0 radical (unpaired) electrons. The first kappa shape index (κ1) is 15.3. The number of para-hydroxylation sites is 1.